The molecule has 0 saturated heterocycles. The molecule has 0 rings (SSSR count). The summed E-state index contributed by atoms with van der Waals surface area (Å²) in [6.45, 7) is 0.895. The molecule has 8 heteroatoms. The number of alkyl halides is 3. The van der Waals surface area contributed by atoms with Gasteiger partial charge in [0, 0.05) is 17.3 Å². The van der Waals surface area contributed by atoms with E-state index < -0.39 is 21.3 Å². The Labute approximate surface area is 97.3 Å². The highest BCUT2D eigenvalue weighted by atomic mass is 35.7. The fraction of sp³-hybridized carbons (Fsp3) is 1.00. The molecule has 0 aliphatic heterocycles. The van der Waals surface area contributed by atoms with Crippen molar-refractivity contribution in [1.29, 1.82) is 0 Å². The van der Waals surface area contributed by atoms with E-state index in [0.717, 1.165) is 6.92 Å². The van der Waals surface area contributed by atoms with Gasteiger partial charge in [-0.1, -0.05) is 6.42 Å². The molecule has 0 spiro atoms. The molecule has 1 unspecified atom stereocenters. The van der Waals surface area contributed by atoms with Gasteiger partial charge >= 0.3 is 6.18 Å². The topological polar surface area (TPSA) is 43.4 Å². The number of halogens is 4. The van der Waals surface area contributed by atoms with Crippen LogP contribution in [0.2, 0.25) is 0 Å². The molecular formula is C8H14ClF3O3S. The van der Waals surface area contributed by atoms with Crippen LogP contribution in [0.15, 0.2) is 0 Å². The summed E-state index contributed by atoms with van der Waals surface area (Å²) in [6, 6.07) is 0. The number of ether oxygens (including phenoxy) is 1. The summed E-state index contributed by atoms with van der Waals surface area (Å²) in [5, 5.41) is 0. The number of unbranched alkanes of at least 4 members (excludes halogenated alkanes) is 2. The average Bonchev–Trinajstić information content (AvgIpc) is 2.07. The molecule has 0 aliphatic carbocycles. The molecule has 0 fully saturated rings. The summed E-state index contributed by atoms with van der Waals surface area (Å²) in [6.07, 6.45) is -4.96. The van der Waals surface area contributed by atoms with Crippen molar-refractivity contribution >= 4 is 19.7 Å². The molecule has 0 aromatic heterocycles. The lowest BCUT2D eigenvalue weighted by Gasteiger charge is -2.15. The minimum atomic E-state index is -4.35. The zero-order chi connectivity index (χ0) is 12.8. The Morgan fingerprint density at radius 2 is 1.81 bits per heavy atom. The molecule has 0 N–H and O–H groups in total. The third-order valence-corrected chi connectivity index (χ3v) is 3.10. The highest BCUT2D eigenvalue weighted by Crippen LogP contribution is 2.22. The van der Waals surface area contributed by atoms with E-state index in [1.165, 1.54) is 0 Å². The molecule has 0 saturated carbocycles. The quantitative estimate of drug-likeness (QED) is 0.533. The van der Waals surface area contributed by atoms with Crippen LogP contribution in [0.1, 0.15) is 26.2 Å². The van der Waals surface area contributed by atoms with Gasteiger partial charge in [-0.25, -0.2) is 8.42 Å². The molecule has 16 heavy (non-hydrogen) atoms. The predicted molar refractivity (Wildman–Crippen MR) is 55.0 cm³/mol. The summed E-state index contributed by atoms with van der Waals surface area (Å²) in [5.74, 6) is -0.163. The standard InChI is InChI=1S/C8H14ClF3O3S/c1-7(8(10,11)12)15-5-3-2-4-6-16(9,13)14/h7H,2-6H2,1H3. The Morgan fingerprint density at radius 3 is 2.25 bits per heavy atom. The van der Waals surface area contributed by atoms with Crippen molar-refractivity contribution in [1.82, 2.24) is 0 Å². The van der Waals surface area contributed by atoms with E-state index in [1.54, 1.807) is 0 Å². The molecule has 3 nitrogen and oxygen atoms in total. The monoisotopic (exact) mass is 282 g/mol. The first-order chi connectivity index (χ1) is 7.13. The molecule has 0 heterocycles. The fourth-order valence-corrected chi connectivity index (χ4v) is 1.78. The van der Waals surface area contributed by atoms with Crippen LogP contribution in [0, 0.1) is 0 Å². The zero-order valence-corrected chi connectivity index (χ0v) is 10.3. The molecular weight excluding hydrogens is 269 g/mol. The van der Waals surface area contributed by atoms with Crippen molar-refractivity contribution in [3.8, 4) is 0 Å². The van der Waals surface area contributed by atoms with E-state index in [9.17, 15) is 21.6 Å². The van der Waals surface area contributed by atoms with Gasteiger partial charge in [0.05, 0.1) is 5.75 Å². The van der Waals surface area contributed by atoms with Crippen molar-refractivity contribution in [2.24, 2.45) is 0 Å². The van der Waals surface area contributed by atoms with Gasteiger partial charge in [0.25, 0.3) is 0 Å². The van der Waals surface area contributed by atoms with Crippen LogP contribution in [-0.4, -0.2) is 33.1 Å². The van der Waals surface area contributed by atoms with Crippen LogP contribution >= 0.6 is 10.7 Å². The first kappa shape index (κ1) is 16.0. The zero-order valence-electron chi connectivity index (χ0n) is 8.76. The van der Waals surface area contributed by atoms with E-state index in [0.29, 0.717) is 19.3 Å². The Kier molecular flexibility index (Phi) is 6.65. The van der Waals surface area contributed by atoms with Gasteiger partial charge in [0.2, 0.25) is 9.05 Å². The SMILES string of the molecule is CC(OCCCCCS(=O)(=O)Cl)C(F)(F)F. The molecule has 0 aliphatic rings. The van der Waals surface area contributed by atoms with Crippen LogP contribution in [-0.2, 0) is 13.8 Å². The summed E-state index contributed by atoms with van der Waals surface area (Å²) in [4.78, 5) is 0. The first-order valence-corrected chi connectivity index (χ1v) is 7.21. The van der Waals surface area contributed by atoms with E-state index in [-0.39, 0.29) is 12.4 Å². The van der Waals surface area contributed by atoms with Gasteiger partial charge in [-0.3, -0.25) is 0 Å². The van der Waals surface area contributed by atoms with Crippen LogP contribution in [0.3, 0.4) is 0 Å². The number of rotatable bonds is 7. The summed E-state index contributed by atoms with van der Waals surface area (Å²) < 4.78 is 61.4. The van der Waals surface area contributed by atoms with Gasteiger partial charge in [-0.05, 0) is 19.8 Å². The van der Waals surface area contributed by atoms with E-state index in [1.807, 2.05) is 0 Å². The lowest BCUT2D eigenvalue weighted by Crippen LogP contribution is -2.28. The summed E-state index contributed by atoms with van der Waals surface area (Å²) >= 11 is 0. The first-order valence-electron chi connectivity index (χ1n) is 4.73. The van der Waals surface area contributed by atoms with Gasteiger partial charge in [0.1, 0.15) is 0 Å². The normalized spacial score (nSPS) is 15.1. The van der Waals surface area contributed by atoms with Gasteiger partial charge < -0.3 is 4.74 Å². The van der Waals surface area contributed by atoms with Crippen LogP contribution in [0.4, 0.5) is 13.2 Å². The maximum Gasteiger partial charge on any atom is 0.414 e. The molecule has 0 amide bonds. The van der Waals surface area contributed by atoms with E-state index in [4.69, 9.17) is 10.7 Å². The van der Waals surface area contributed by atoms with E-state index >= 15 is 0 Å². The molecule has 1 atom stereocenters. The average molecular weight is 283 g/mol. The molecule has 98 valence electrons. The van der Waals surface area contributed by atoms with Gasteiger partial charge in [0.15, 0.2) is 6.10 Å². The Morgan fingerprint density at radius 1 is 1.25 bits per heavy atom. The van der Waals surface area contributed by atoms with Crippen LogP contribution < -0.4 is 0 Å². The number of hydrogen-bond acceptors (Lipinski definition) is 3. The Hall–Kier alpha value is -0.0100. The maximum absolute atomic E-state index is 12.0. The van der Waals surface area contributed by atoms with Crippen molar-refractivity contribution < 1.29 is 26.3 Å². The van der Waals surface area contributed by atoms with Crippen LogP contribution in [0.5, 0.6) is 0 Å². The van der Waals surface area contributed by atoms with E-state index in [2.05, 4.69) is 4.74 Å². The smallest absolute Gasteiger partial charge is 0.369 e. The largest absolute Gasteiger partial charge is 0.414 e. The highest BCUT2D eigenvalue weighted by Gasteiger charge is 2.36. The second kappa shape index (κ2) is 6.66. The highest BCUT2D eigenvalue weighted by molar-refractivity contribution is 8.13. The molecule has 0 bridgehead atoms. The van der Waals surface area contributed by atoms with Crippen molar-refractivity contribution in [3.05, 3.63) is 0 Å². The van der Waals surface area contributed by atoms with Gasteiger partial charge in [-0.15, -0.1) is 0 Å². The predicted octanol–water partition coefficient (Wildman–Crippen LogP) is 2.69. The van der Waals surface area contributed by atoms with Gasteiger partial charge in [-0.2, -0.15) is 13.2 Å². The summed E-state index contributed by atoms with van der Waals surface area (Å²) in [7, 11) is 1.45. The fourth-order valence-electron chi connectivity index (χ4n) is 0.908. The Balaban J connectivity index is 3.48. The second-order valence-corrected chi connectivity index (χ2v) is 6.25. The lowest BCUT2D eigenvalue weighted by molar-refractivity contribution is -0.214. The third kappa shape index (κ3) is 9.23. The maximum atomic E-state index is 12.0. The molecule has 0 aromatic rings. The molecule has 0 aromatic carbocycles. The van der Waals surface area contributed by atoms with Crippen molar-refractivity contribution in [2.45, 2.75) is 38.5 Å². The number of hydrogen-bond donors (Lipinski definition) is 0. The van der Waals surface area contributed by atoms with Crippen molar-refractivity contribution in [3.63, 3.8) is 0 Å². The summed E-state index contributed by atoms with van der Waals surface area (Å²) in [5.41, 5.74) is 0. The second-order valence-electron chi connectivity index (χ2n) is 3.36. The third-order valence-electron chi connectivity index (χ3n) is 1.86. The van der Waals surface area contributed by atoms with Crippen LogP contribution in [0.25, 0.3) is 0 Å². The Bertz CT molecular complexity index is 289. The van der Waals surface area contributed by atoms with Crippen molar-refractivity contribution in [2.75, 3.05) is 12.4 Å². The lowest BCUT2D eigenvalue weighted by atomic mass is 10.2. The molecule has 0 radical (unpaired) electrons. The minimum absolute atomic E-state index is 0.0387. The minimum Gasteiger partial charge on any atom is -0.369 e.